The molecule has 0 atom stereocenters. The van der Waals surface area contributed by atoms with Crippen molar-refractivity contribution in [1.82, 2.24) is 29.4 Å². The highest BCUT2D eigenvalue weighted by Gasteiger charge is 2.03. The van der Waals surface area contributed by atoms with Gasteiger partial charge in [-0.25, -0.2) is 0 Å². The van der Waals surface area contributed by atoms with Crippen LogP contribution in [0, 0.1) is 13.8 Å². The first-order chi connectivity index (χ1) is 8.65. The number of hydrogen-bond acceptors (Lipinski definition) is 4. The average Bonchev–Trinajstić information content (AvgIpc) is 2.94. The highest BCUT2D eigenvalue weighted by Crippen LogP contribution is 2.01. The van der Waals surface area contributed by atoms with E-state index in [2.05, 4.69) is 44.9 Å². The molecule has 6 heteroatoms. The topological polar surface area (TPSA) is 51.8 Å². The normalized spacial score (nSPS) is 11.3. The van der Waals surface area contributed by atoms with Crippen LogP contribution in [0.2, 0.25) is 0 Å². The van der Waals surface area contributed by atoms with Crippen molar-refractivity contribution in [2.24, 2.45) is 0 Å². The molecular weight excluding hydrogens is 228 g/mol. The van der Waals surface area contributed by atoms with Crippen LogP contribution in [-0.4, -0.2) is 49.6 Å². The second-order valence-corrected chi connectivity index (χ2v) is 4.65. The van der Waals surface area contributed by atoms with Gasteiger partial charge in [0.1, 0.15) is 12.7 Å². The number of nitrogens with zero attached hydrogens (tertiary/aromatic N) is 6. The second-order valence-electron chi connectivity index (χ2n) is 4.65. The van der Waals surface area contributed by atoms with Crippen molar-refractivity contribution < 1.29 is 0 Å². The maximum absolute atomic E-state index is 4.46. The molecular formula is C12H20N6. The van der Waals surface area contributed by atoms with Crippen LogP contribution in [0.15, 0.2) is 18.7 Å². The summed E-state index contributed by atoms with van der Waals surface area (Å²) in [5.74, 6) is 0. The lowest BCUT2D eigenvalue weighted by Gasteiger charge is -2.17. The lowest BCUT2D eigenvalue weighted by Crippen LogP contribution is -2.27. The van der Waals surface area contributed by atoms with Crippen molar-refractivity contribution in [1.29, 1.82) is 0 Å². The third-order valence-electron chi connectivity index (χ3n) is 3.00. The maximum atomic E-state index is 4.46. The van der Waals surface area contributed by atoms with Crippen molar-refractivity contribution in [3.63, 3.8) is 0 Å². The fourth-order valence-electron chi connectivity index (χ4n) is 1.90. The lowest BCUT2D eigenvalue weighted by molar-refractivity contribution is 0.298. The van der Waals surface area contributed by atoms with Gasteiger partial charge in [-0.05, 0) is 27.0 Å². The quantitative estimate of drug-likeness (QED) is 0.756. The zero-order valence-corrected chi connectivity index (χ0v) is 11.2. The molecule has 0 fully saturated rings. The largest absolute Gasteiger partial charge is 0.319 e. The minimum atomic E-state index is 0.917. The van der Waals surface area contributed by atoms with E-state index >= 15 is 0 Å². The Morgan fingerprint density at radius 1 is 1.11 bits per heavy atom. The Bertz CT molecular complexity index is 473. The van der Waals surface area contributed by atoms with Crippen LogP contribution >= 0.6 is 0 Å². The van der Waals surface area contributed by atoms with Gasteiger partial charge in [0, 0.05) is 25.3 Å². The lowest BCUT2D eigenvalue weighted by atomic mass is 10.4. The van der Waals surface area contributed by atoms with E-state index in [1.807, 2.05) is 11.5 Å². The first kappa shape index (κ1) is 12.8. The monoisotopic (exact) mass is 248 g/mol. The molecule has 2 aromatic heterocycles. The van der Waals surface area contributed by atoms with Gasteiger partial charge in [0.05, 0.1) is 12.2 Å². The van der Waals surface area contributed by atoms with Gasteiger partial charge >= 0.3 is 0 Å². The number of aryl methyl sites for hydroxylation is 2. The molecule has 0 bridgehead atoms. The van der Waals surface area contributed by atoms with E-state index in [0.29, 0.717) is 0 Å². The number of rotatable bonds is 6. The summed E-state index contributed by atoms with van der Waals surface area (Å²) in [5, 5.41) is 12.0. The summed E-state index contributed by atoms with van der Waals surface area (Å²) in [7, 11) is 2.12. The smallest absolute Gasteiger partial charge is 0.119 e. The van der Waals surface area contributed by atoms with Gasteiger partial charge < -0.3 is 9.47 Å². The van der Waals surface area contributed by atoms with Crippen molar-refractivity contribution in [3.8, 4) is 0 Å². The molecule has 2 rings (SSSR count). The molecule has 0 aliphatic carbocycles. The van der Waals surface area contributed by atoms with Gasteiger partial charge in [-0.3, -0.25) is 4.68 Å². The van der Waals surface area contributed by atoms with Gasteiger partial charge in [0.15, 0.2) is 0 Å². The van der Waals surface area contributed by atoms with Crippen LogP contribution in [0.25, 0.3) is 0 Å². The van der Waals surface area contributed by atoms with E-state index in [-0.39, 0.29) is 0 Å². The van der Waals surface area contributed by atoms with Gasteiger partial charge in [0.25, 0.3) is 0 Å². The van der Waals surface area contributed by atoms with Crippen molar-refractivity contribution in [2.75, 3.05) is 20.1 Å². The highest BCUT2D eigenvalue weighted by atomic mass is 15.3. The summed E-state index contributed by atoms with van der Waals surface area (Å²) >= 11 is 0. The summed E-state index contributed by atoms with van der Waals surface area (Å²) in [6, 6.07) is 2.11. The first-order valence-electron chi connectivity index (χ1n) is 6.17. The summed E-state index contributed by atoms with van der Waals surface area (Å²) in [5.41, 5.74) is 2.30. The Morgan fingerprint density at radius 2 is 1.78 bits per heavy atom. The van der Waals surface area contributed by atoms with Crippen molar-refractivity contribution in [3.05, 3.63) is 30.1 Å². The number of likely N-dealkylation sites (N-methyl/N-ethyl adjacent to an activating group) is 1. The van der Waals surface area contributed by atoms with Crippen LogP contribution in [0.4, 0.5) is 0 Å². The molecule has 0 aliphatic rings. The van der Waals surface area contributed by atoms with Crippen LogP contribution in [0.5, 0.6) is 0 Å². The third-order valence-corrected chi connectivity index (χ3v) is 3.00. The molecule has 0 spiro atoms. The highest BCUT2D eigenvalue weighted by molar-refractivity contribution is 5.06. The number of aromatic nitrogens is 5. The Hall–Kier alpha value is -1.69. The fraction of sp³-hybridized carbons (Fsp3) is 0.583. The molecule has 0 N–H and O–H groups in total. The minimum Gasteiger partial charge on any atom is -0.319 e. The summed E-state index contributed by atoms with van der Waals surface area (Å²) in [6.45, 7) is 7.94. The Labute approximate surface area is 107 Å². The van der Waals surface area contributed by atoms with Crippen molar-refractivity contribution in [2.45, 2.75) is 26.9 Å². The van der Waals surface area contributed by atoms with Gasteiger partial charge in [-0.1, -0.05) is 0 Å². The summed E-state index contributed by atoms with van der Waals surface area (Å²) in [4.78, 5) is 2.29. The molecule has 0 unspecified atom stereocenters. The van der Waals surface area contributed by atoms with E-state index in [1.54, 1.807) is 12.7 Å². The van der Waals surface area contributed by atoms with Crippen LogP contribution in [-0.2, 0) is 13.1 Å². The fourth-order valence-corrected chi connectivity index (χ4v) is 1.90. The molecule has 0 saturated carbocycles. The standard InChI is InChI=1S/C12H20N6/c1-11-8-12(2)18(15-11)7-5-16(3)4-6-17-9-13-14-10-17/h8-10H,4-7H2,1-3H3. The molecule has 2 heterocycles. The molecule has 6 nitrogen and oxygen atoms in total. The van der Waals surface area contributed by atoms with E-state index < -0.39 is 0 Å². The zero-order chi connectivity index (χ0) is 13.0. The molecule has 98 valence electrons. The Balaban J connectivity index is 1.74. The predicted octanol–water partition coefficient (Wildman–Crippen LogP) is 0.723. The average molecular weight is 248 g/mol. The molecule has 0 aliphatic heterocycles. The summed E-state index contributed by atoms with van der Waals surface area (Å²) < 4.78 is 4.05. The molecule has 0 amide bonds. The summed E-state index contributed by atoms with van der Waals surface area (Å²) in [6.07, 6.45) is 3.49. The Morgan fingerprint density at radius 3 is 2.39 bits per heavy atom. The van der Waals surface area contributed by atoms with E-state index in [4.69, 9.17) is 0 Å². The molecule has 2 aromatic rings. The SMILES string of the molecule is Cc1cc(C)n(CCN(C)CCn2cnnc2)n1. The Kier molecular flexibility index (Phi) is 4.09. The van der Waals surface area contributed by atoms with Crippen LogP contribution in [0.1, 0.15) is 11.4 Å². The van der Waals surface area contributed by atoms with Crippen molar-refractivity contribution >= 4 is 0 Å². The van der Waals surface area contributed by atoms with E-state index in [9.17, 15) is 0 Å². The van der Waals surface area contributed by atoms with Crippen LogP contribution in [0.3, 0.4) is 0 Å². The predicted molar refractivity (Wildman–Crippen MR) is 69.2 cm³/mol. The second kappa shape index (κ2) is 5.77. The third kappa shape index (κ3) is 3.40. The molecule has 0 aromatic carbocycles. The van der Waals surface area contributed by atoms with Gasteiger partial charge in [-0.2, -0.15) is 5.10 Å². The zero-order valence-electron chi connectivity index (χ0n) is 11.2. The molecule has 0 radical (unpaired) electrons. The molecule has 0 saturated heterocycles. The maximum Gasteiger partial charge on any atom is 0.119 e. The van der Waals surface area contributed by atoms with Gasteiger partial charge in [-0.15, -0.1) is 10.2 Å². The minimum absolute atomic E-state index is 0.917. The van der Waals surface area contributed by atoms with Gasteiger partial charge in [0.2, 0.25) is 0 Å². The first-order valence-corrected chi connectivity index (χ1v) is 6.17. The van der Waals surface area contributed by atoms with E-state index in [0.717, 1.165) is 31.9 Å². The van der Waals surface area contributed by atoms with Crippen LogP contribution < -0.4 is 0 Å². The number of hydrogen-bond donors (Lipinski definition) is 0. The molecule has 18 heavy (non-hydrogen) atoms. The van der Waals surface area contributed by atoms with E-state index in [1.165, 1.54) is 5.69 Å².